The molecule has 6 nitrogen and oxygen atoms in total. The first-order valence-corrected chi connectivity index (χ1v) is 9.18. The highest BCUT2D eigenvalue weighted by molar-refractivity contribution is 8.14. The van der Waals surface area contributed by atoms with Gasteiger partial charge >= 0.3 is 0 Å². The van der Waals surface area contributed by atoms with Crippen LogP contribution in [0, 0.1) is 5.92 Å². The second-order valence-corrected chi connectivity index (χ2v) is 7.57. The SMILES string of the molecule is COc1ccc(CO[C@H]2[C@H](C)[C@@H](C=O)O[C@@H]3SC(N(C)C)=N[C@H]23)cc1. The van der Waals surface area contributed by atoms with Crippen molar-refractivity contribution in [2.45, 2.75) is 37.2 Å². The van der Waals surface area contributed by atoms with Crippen molar-refractivity contribution in [2.75, 3.05) is 21.2 Å². The van der Waals surface area contributed by atoms with Crippen LogP contribution in [0.3, 0.4) is 0 Å². The monoisotopic (exact) mass is 364 g/mol. The minimum atomic E-state index is -0.466. The van der Waals surface area contributed by atoms with Crippen LogP contribution < -0.4 is 4.74 Å². The Morgan fingerprint density at radius 1 is 1.32 bits per heavy atom. The molecule has 0 radical (unpaired) electrons. The Hall–Kier alpha value is -1.57. The maximum Gasteiger partial charge on any atom is 0.161 e. The van der Waals surface area contributed by atoms with Crippen molar-refractivity contribution in [1.82, 2.24) is 4.90 Å². The summed E-state index contributed by atoms with van der Waals surface area (Å²) in [5.41, 5.74) is 0.880. The average Bonchev–Trinajstić information content (AvgIpc) is 3.05. The summed E-state index contributed by atoms with van der Waals surface area (Å²) in [6.07, 6.45) is 0.242. The predicted molar refractivity (Wildman–Crippen MR) is 98.0 cm³/mol. The van der Waals surface area contributed by atoms with Gasteiger partial charge in [-0.15, -0.1) is 0 Å². The Morgan fingerprint density at radius 2 is 2.04 bits per heavy atom. The molecule has 1 fully saturated rings. The zero-order valence-electron chi connectivity index (χ0n) is 14.9. The van der Waals surface area contributed by atoms with Gasteiger partial charge < -0.3 is 23.9 Å². The van der Waals surface area contributed by atoms with Crippen LogP contribution in [0.15, 0.2) is 29.3 Å². The number of methoxy groups -OCH3 is 1. The van der Waals surface area contributed by atoms with Crippen LogP contribution in [-0.4, -0.2) is 61.2 Å². The molecule has 2 heterocycles. The number of carbonyl (C=O) groups excluding carboxylic acids is 1. The highest BCUT2D eigenvalue weighted by Crippen LogP contribution is 2.40. The van der Waals surface area contributed by atoms with Gasteiger partial charge in [-0.3, -0.25) is 4.99 Å². The number of amidine groups is 1. The number of hydrogen-bond acceptors (Lipinski definition) is 7. The molecule has 7 heteroatoms. The van der Waals surface area contributed by atoms with Gasteiger partial charge in [-0.05, 0) is 17.7 Å². The lowest BCUT2D eigenvalue weighted by molar-refractivity contribution is -0.150. The summed E-state index contributed by atoms with van der Waals surface area (Å²) >= 11 is 1.55. The summed E-state index contributed by atoms with van der Waals surface area (Å²) < 4.78 is 17.3. The van der Waals surface area contributed by atoms with Gasteiger partial charge in [-0.2, -0.15) is 0 Å². The van der Waals surface area contributed by atoms with Crippen LogP contribution in [0.25, 0.3) is 0 Å². The van der Waals surface area contributed by atoms with Gasteiger partial charge in [0.2, 0.25) is 0 Å². The van der Waals surface area contributed by atoms with Gasteiger partial charge in [0.1, 0.15) is 29.6 Å². The lowest BCUT2D eigenvalue weighted by Gasteiger charge is -2.39. The lowest BCUT2D eigenvalue weighted by Crippen LogP contribution is -2.51. The zero-order valence-corrected chi connectivity index (χ0v) is 15.7. The normalized spacial score (nSPS) is 31.2. The molecular weight excluding hydrogens is 340 g/mol. The van der Waals surface area contributed by atoms with Crippen LogP contribution in [0.4, 0.5) is 0 Å². The quantitative estimate of drug-likeness (QED) is 0.747. The number of aldehydes is 1. The van der Waals surface area contributed by atoms with Gasteiger partial charge in [-0.25, -0.2) is 0 Å². The molecule has 5 atom stereocenters. The standard InChI is InChI=1S/C18H24N2O4S/c1-11-14(9-21)24-17-15(19-18(25-17)20(2)3)16(11)23-10-12-5-7-13(22-4)8-6-12/h5-9,11,14-17H,10H2,1-4H3/t11-,14-,15-,16+,17-/m1/s1. The maximum atomic E-state index is 11.4. The fraction of sp³-hybridized carbons (Fsp3) is 0.556. The summed E-state index contributed by atoms with van der Waals surface area (Å²) in [5, 5.41) is 0.909. The molecule has 2 aliphatic rings. The third kappa shape index (κ3) is 3.83. The van der Waals surface area contributed by atoms with Crippen molar-refractivity contribution in [3.63, 3.8) is 0 Å². The van der Waals surface area contributed by atoms with Crippen molar-refractivity contribution >= 4 is 23.2 Å². The predicted octanol–water partition coefficient (Wildman–Crippen LogP) is 2.17. The summed E-state index contributed by atoms with van der Waals surface area (Å²) in [7, 11) is 5.56. The first kappa shape index (κ1) is 18.2. The third-order valence-electron chi connectivity index (χ3n) is 4.54. The van der Waals surface area contributed by atoms with E-state index in [0.717, 1.165) is 22.8 Å². The van der Waals surface area contributed by atoms with E-state index in [2.05, 4.69) is 0 Å². The Labute approximate surface area is 152 Å². The van der Waals surface area contributed by atoms with Crippen LogP contribution in [0.1, 0.15) is 12.5 Å². The lowest BCUT2D eigenvalue weighted by atomic mass is 9.90. The van der Waals surface area contributed by atoms with Crippen molar-refractivity contribution in [3.05, 3.63) is 29.8 Å². The van der Waals surface area contributed by atoms with Gasteiger partial charge in [0, 0.05) is 20.0 Å². The van der Waals surface area contributed by atoms with E-state index in [-0.39, 0.29) is 23.5 Å². The second-order valence-electron chi connectivity index (χ2n) is 6.50. The van der Waals surface area contributed by atoms with Crippen molar-refractivity contribution in [2.24, 2.45) is 10.9 Å². The van der Waals surface area contributed by atoms with Crippen molar-refractivity contribution in [1.29, 1.82) is 0 Å². The Bertz CT molecular complexity index is 634. The summed E-state index contributed by atoms with van der Waals surface area (Å²) in [4.78, 5) is 18.1. The Balaban J connectivity index is 1.74. The first-order chi connectivity index (χ1) is 12.0. The molecule has 136 valence electrons. The number of hydrogen-bond donors (Lipinski definition) is 0. The molecule has 2 aliphatic heterocycles. The summed E-state index contributed by atoms with van der Waals surface area (Å²) in [6.45, 7) is 2.45. The summed E-state index contributed by atoms with van der Waals surface area (Å²) in [6, 6.07) is 7.69. The maximum absolute atomic E-state index is 11.4. The molecule has 1 aromatic carbocycles. The van der Waals surface area contributed by atoms with E-state index in [1.165, 1.54) is 0 Å². The van der Waals surface area contributed by atoms with Gasteiger partial charge in [-0.1, -0.05) is 30.8 Å². The molecule has 1 saturated heterocycles. The Morgan fingerprint density at radius 3 is 2.64 bits per heavy atom. The minimum absolute atomic E-state index is 0.0529. The fourth-order valence-electron chi connectivity index (χ4n) is 3.05. The topological polar surface area (TPSA) is 60.4 Å². The molecular formula is C18H24N2O4S. The van der Waals surface area contributed by atoms with E-state index in [0.29, 0.717) is 6.61 Å². The molecule has 0 N–H and O–H groups in total. The van der Waals surface area contributed by atoms with E-state index < -0.39 is 6.10 Å². The molecule has 0 bridgehead atoms. The molecule has 0 amide bonds. The fourth-order valence-corrected chi connectivity index (χ4v) is 4.19. The molecule has 0 saturated carbocycles. The number of carbonyl (C=O) groups is 1. The number of fused-ring (bicyclic) bond motifs is 1. The number of aliphatic imine (C=N–C) groups is 1. The number of benzene rings is 1. The number of nitrogens with zero attached hydrogens (tertiary/aromatic N) is 2. The minimum Gasteiger partial charge on any atom is -0.497 e. The largest absolute Gasteiger partial charge is 0.497 e. The molecule has 0 spiro atoms. The van der Waals surface area contributed by atoms with E-state index in [9.17, 15) is 4.79 Å². The number of ether oxygens (including phenoxy) is 3. The molecule has 25 heavy (non-hydrogen) atoms. The molecule has 3 rings (SSSR count). The molecule has 0 aliphatic carbocycles. The van der Waals surface area contributed by atoms with Gasteiger partial charge in [0.15, 0.2) is 5.17 Å². The third-order valence-corrected chi connectivity index (χ3v) is 5.85. The van der Waals surface area contributed by atoms with Crippen molar-refractivity contribution in [3.8, 4) is 5.75 Å². The van der Waals surface area contributed by atoms with Crippen molar-refractivity contribution < 1.29 is 19.0 Å². The molecule has 0 unspecified atom stereocenters. The number of rotatable bonds is 5. The van der Waals surface area contributed by atoms with Crippen LogP contribution >= 0.6 is 11.8 Å². The van der Waals surface area contributed by atoms with E-state index in [4.69, 9.17) is 19.2 Å². The molecule has 0 aromatic heterocycles. The zero-order chi connectivity index (χ0) is 18.0. The Kier molecular flexibility index (Phi) is 5.66. The van der Waals surface area contributed by atoms with E-state index >= 15 is 0 Å². The first-order valence-electron chi connectivity index (χ1n) is 8.30. The second kappa shape index (κ2) is 7.76. The van der Waals surface area contributed by atoms with Crippen LogP contribution in [-0.2, 0) is 20.9 Å². The highest BCUT2D eigenvalue weighted by Gasteiger charge is 2.48. The van der Waals surface area contributed by atoms with Crippen LogP contribution in [0.2, 0.25) is 0 Å². The molecule has 1 aromatic rings. The van der Waals surface area contributed by atoms with Gasteiger partial charge in [0.05, 0.1) is 19.8 Å². The number of thioether (sulfide) groups is 1. The van der Waals surface area contributed by atoms with E-state index in [1.54, 1.807) is 18.9 Å². The highest BCUT2D eigenvalue weighted by atomic mass is 32.2. The van der Waals surface area contributed by atoms with Crippen LogP contribution in [0.5, 0.6) is 5.75 Å². The average molecular weight is 364 g/mol. The van der Waals surface area contributed by atoms with E-state index in [1.807, 2.05) is 50.2 Å². The van der Waals surface area contributed by atoms with Gasteiger partial charge in [0.25, 0.3) is 0 Å². The smallest absolute Gasteiger partial charge is 0.161 e. The summed E-state index contributed by atoms with van der Waals surface area (Å²) in [5.74, 6) is 0.763.